The molecule has 0 bridgehead atoms. The number of ether oxygens (including phenoxy) is 3. The number of nitrogens with zero attached hydrogens (tertiary/aromatic N) is 3. The Labute approximate surface area is 211 Å². The Morgan fingerprint density at radius 2 is 1.79 bits per heavy atom. The number of rotatable bonds is 8. The van der Waals surface area contributed by atoms with Crippen LogP contribution in [0.5, 0.6) is 11.5 Å². The van der Waals surface area contributed by atoms with Crippen molar-refractivity contribution >= 4 is 45.0 Å². The van der Waals surface area contributed by atoms with E-state index in [4.69, 9.17) is 19.2 Å². The van der Waals surface area contributed by atoms with Gasteiger partial charge in [0.25, 0.3) is 5.91 Å². The first-order valence-corrected chi connectivity index (χ1v) is 12.0. The van der Waals surface area contributed by atoms with Gasteiger partial charge in [0.2, 0.25) is 0 Å². The second-order valence-electron chi connectivity index (χ2n) is 8.21. The fourth-order valence-electron chi connectivity index (χ4n) is 3.98. The van der Waals surface area contributed by atoms with Gasteiger partial charge in [0.1, 0.15) is 21.7 Å². The number of aryl methyl sites for hydroxylation is 2. The van der Waals surface area contributed by atoms with Crippen molar-refractivity contribution in [2.75, 3.05) is 58.5 Å². The second-order valence-corrected chi connectivity index (χ2v) is 9.19. The summed E-state index contributed by atoms with van der Waals surface area (Å²) in [6, 6.07) is 9.57. The number of thiazole rings is 1. The highest BCUT2D eigenvalue weighted by molar-refractivity contribution is 7.22. The Bertz CT molecular complexity index is 1090. The first-order valence-electron chi connectivity index (χ1n) is 11.2. The van der Waals surface area contributed by atoms with E-state index in [9.17, 15) is 4.79 Å². The van der Waals surface area contributed by atoms with Crippen LogP contribution in [0.1, 0.15) is 27.9 Å². The number of fused-ring (bicyclic) bond motifs is 1. The number of aromatic nitrogens is 1. The van der Waals surface area contributed by atoms with E-state index in [-0.39, 0.29) is 18.3 Å². The average Bonchev–Trinajstić information content (AvgIpc) is 3.28. The normalized spacial score (nSPS) is 14.0. The Morgan fingerprint density at radius 1 is 1.09 bits per heavy atom. The van der Waals surface area contributed by atoms with E-state index in [0.29, 0.717) is 28.5 Å². The van der Waals surface area contributed by atoms with Crippen LogP contribution in [-0.4, -0.2) is 69.4 Å². The van der Waals surface area contributed by atoms with E-state index in [1.807, 2.05) is 37.3 Å². The van der Waals surface area contributed by atoms with Gasteiger partial charge in [-0.15, -0.1) is 12.4 Å². The molecule has 0 N–H and O–H groups in total. The van der Waals surface area contributed by atoms with E-state index in [1.54, 1.807) is 19.1 Å². The average molecular weight is 506 g/mol. The minimum atomic E-state index is -0.0444. The number of anilines is 1. The van der Waals surface area contributed by atoms with Crippen LogP contribution < -0.4 is 14.4 Å². The summed E-state index contributed by atoms with van der Waals surface area (Å²) in [7, 11) is 3.27. The van der Waals surface area contributed by atoms with Gasteiger partial charge in [-0.25, -0.2) is 4.98 Å². The molecule has 0 unspecified atom stereocenters. The molecule has 34 heavy (non-hydrogen) atoms. The molecule has 0 atom stereocenters. The summed E-state index contributed by atoms with van der Waals surface area (Å²) in [6.45, 7) is 8.97. The molecule has 7 nitrogen and oxygen atoms in total. The van der Waals surface area contributed by atoms with Gasteiger partial charge < -0.3 is 14.2 Å². The zero-order chi connectivity index (χ0) is 23.4. The first kappa shape index (κ1) is 26.2. The van der Waals surface area contributed by atoms with E-state index < -0.39 is 0 Å². The number of amides is 1. The number of carbonyl (C=O) groups is 1. The second kappa shape index (κ2) is 11.8. The van der Waals surface area contributed by atoms with Crippen LogP contribution in [0.2, 0.25) is 0 Å². The lowest BCUT2D eigenvalue weighted by atomic mass is 10.1. The molecule has 1 aromatic heterocycles. The molecule has 1 aliphatic rings. The number of hydrogen-bond donors (Lipinski definition) is 0. The zero-order valence-electron chi connectivity index (χ0n) is 20.1. The van der Waals surface area contributed by atoms with Crippen LogP contribution in [0.4, 0.5) is 5.13 Å². The summed E-state index contributed by atoms with van der Waals surface area (Å²) in [6.07, 6.45) is 0.848. The van der Waals surface area contributed by atoms with Crippen molar-refractivity contribution in [1.29, 1.82) is 0 Å². The number of carbonyl (C=O) groups excluding carboxylic acids is 1. The predicted octanol–water partition coefficient (Wildman–Crippen LogP) is 4.72. The summed E-state index contributed by atoms with van der Waals surface area (Å²) in [4.78, 5) is 22.7. The lowest BCUT2D eigenvalue weighted by molar-refractivity contribution is 0.0376. The molecule has 184 valence electrons. The monoisotopic (exact) mass is 505 g/mol. The molecule has 1 aliphatic heterocycles. The fraction of sp³-hybridized carbons (Fsp3) is 0.440. The maximum Gasteiger partial charge on any atom is 0.260 e. The molecule has 0 radical (unpaired) electrons. The lowest BCUT2D eigenvalue weighted by Crippen LogP contribution is -2.39. The van der Waals surface area contributed by atoms with Crippen molar-refractivity contribution in [3.63, 3.8) is 0 Å². The lowest BCUT2D eigenvalue weighted by Gasteiger charge is -2.27. The van der Waals surface area contributed by atoms with E-state index in [2.05, 4.69) is 11.8 Å². The zero-order valence-corrected chi connectivity index (χ0v) is 21.8. The highest BCUT2D eigenvalue weighted by Crippen LogP contribution is 2.40. The van der Waals surface area contributed by atoms with Crippen LogP contribution >= 0.6 is 23.7 Å². The van der Waals surface area contributed by atoms with Gasteiger partial charge in [0, 0.05) is 31.7 Å². The third kappa shape index (κ3) is 5.63. The number of morpholine rings is 1. The number of halogens is 1. The van der Waals surface area contributed by atoms with E-state index in [0.717, 1.165) is 55.3 Å². The third-order valence-corrected chi connectivity index (χ3v) is 7.18. The molecular weight excluding hydrogens is 474 g/mol. The molecule has 1 saturated heterocycles. The standard InChI is InChI=1S/C25H31N3O4S.ClH/c1-17-6-7-19(16-18(17)2)24(29)28(11-5-10-27-12-14-32-15-13-27)25-26-22-20(30-3)8-9-21(31-4)23(22)33-25;/h6-9,16H,5,10-15H2,1-4H3;1H. The summed E-state index contributed by atoms with van der Waals surface area (Å²) in [5, 5.41) is 0.651. The number of benzene rings is 2. The van der Waals surface area contributed by atoms with Crippen molar-refractivity contribution in [3.8, 4) is 11.5 Å². The van der Waals surface area contributed by atoms with E-state index in [1.165, 1.54) is 16.9 Å². The molecule has 4 rings (SSSR count). The Morgan fingerprint density at radius 3 is 2.47 bits per heavy atom. The van der Waals surface area contributed by atoms with Crippen LogP contribution in [0.3, 0.4) is 0 Å². The SMILES string of the molecule is COc1ccc(OC)c2sc(N(CCCN3CCOCC3)C(=O)c3ccc(C)c(C)c3)nc12.Cl. The topological polar surface area (TPSA) is 64.1 Å². The summed E-state index contributed by atoms with van der Waals surface area (Å²) in [5.74, 6) is 1.35. The molecule has 1 amide bonds. The van der Waals surface area contributed by atoms with E-state index >= 15 is 0 Å². The van der Waals surface area contributed by atoms with Crippen LogP contribution in [0, 0.1) is 13.8 Å². The minimum Gasteiger partial charge on any atom is -0.495 e. The van der Waals surface area contributed by atoms with Crippen molar-refractivity contribution in [3.05, 3.63) is 47.0 Å². The fourth-order valence-corrected chi connectivity index (χ4v) is 5.08. The number of methoxy groups -OCH3 is 2. The Hall–Kier alpha value is -2.39. The maximum absolute atomic E-state index is 13.7. The van der Waals surface area contributed by atoms with Crippen LogP contribution in [0.15, 0.2) is 30.3 Å². The first-order chi connectivity index (χ1) is 16.0. The minimum absolute atomic E-state index is 0. The molecule has 2 heterocycles. The summed E-state index contributed by atoms with van der Waals surface area (Å²) in [5.41, 5.74) is 3.65. The van der Waals surface area contributed by atoms with Gasteiger partial charge in [-0.05, 0) is 55.7 Å². The Kier molecular flexibility index (Phi) is 9.13. The highest BCUT2D eigenvalue weighted by atomic mass is 35.5. The quantitative estimate of drug-likeness (QED) is 0.441. The molecule has 0 saturated carbocycles. The van der Waals surface area contributed by atoms with Gasteiger partial charge in [0.05, 0.1) is 27.4 Å². The van der Waals surface area contributed by atoms with Crippen molar-refractivity contribution < 1.29 is 19.0 Å². The van der Waals surface area contributed by atoms with Crippen molar-refractivity contribution in [2.24, 2.45) is 0 Å². The third-order valence-electron chi connectivity index (χ3n) is 6.09. The van der Waals surface area contributed by atoms with Crippen LogP contribution in [0.25, 0.3) is 10.2 Å². The van der Waals surface area contributed by atoms with Crippen molar-refractivity contribution in [2.45, 2.75) is 20.3 Å². The number of hydrogen-bond acceptors (Lipinski definition) is 7. The van der Waals surface area contributed by atoms with Gasteiger partial charge in [-0.3, -0.25) is 14.6 Å². The van der Waals surface area contributed by atoms with Gasteiger partial charge in [-0.2, -0.15) is 0 Å². The largest absolute Gasteiger partial charge is 0.495 e. The molecular formula is C25H32ClN3O4S. The smallest absolute Gasteiger partial charge is 0.260 e. The van der Waals surface area contributed by atoms with Crippen LogP contribution in [-0.2, 0) is 4.74 Å². The van der Waals surface area contributed by atoms with Gasteiger partial charge >= 0.3 is 0 Å². The van der Waals surface area contributed by atoms with Gasteiger partial charge in [0.15, 0.2) is 5.13 Å². The molecule has 1 fully saturated rings. The summed E-state index contributed by atoms with van der Waals surface area (Å²) < 4.78 is 17.4. The van der Waals surface area contributed by atoms with Gasteiger partial charge in [-0.1, -0.05) is 17.4 Å². The van der Waals surface area contributed by atoms with Crippen molar-refractivity contribution in [1.82, 2.24) is 9.88 Å². The highest BCUT2D eigenvalue weighted by Gasteiger charge is 2.24. The Balaban J connectivity index is 0.00000324. The molecule has 3 aromatic rings. The summed E-state index contributed by atoms with van der Waals surface area (Å²) >= 11 is 1.46. The predicted molar refractivity (Wildman–Crippen MR) is 139 cm³/mol. The molecule has 2 aromatic carbocycles. The molecule has 9 heteroatoms. The maximum atomic E-state index is 13.7. The molecule has 0 aliphatic carbocycles. The molecule has 0 spiro atoms.